The zero-order valence-corrected chi connectivity index (χ0v) is 18.5. The summed E-state index contributed by atoms with van der Waals surface area (Å²) in [6, 6.07) is 28.9. The van der Waals surface area contributed by atoms with E-state index < -0.39 is 0 Å². The summed E-state index contributed by atoms with van der Waals surface area (Å²) in [5.41, 5.74) is 9.41. The van der Waals surface area contributed by atoms with E-state index >= 15 is 0 Å². The summed E-state index contributed by atoms with van der Waals surface area (Å²) in [5, 5.41) is 2.51. The van der Waals surface area contributed by atoms with Crippen LogP contribution in [0.25, 0.3) is 21.8 Å². The highest BCUT2D eigenvalue weighted by atomic mass is 16.5. The molecule has 3 aromatic carbocycles. The van der Waals surface area contributed by atoms with Crippen molar-refractivity contribution in [2.75, 3.05) is 5.43 Å². The molecule has 32 heavy (non-hydrogen) atoms. The van der Waals surface area contributed by atoms with Crippen LogP contribution in [-0.2, 0) is 19.4 Å². The molecule has 4 heteroatoms. The van der Waals surface area contributed by atoms with E-state index in [1.807, 2.05) is 42.5 Å². The first-order valence-electron chi connectivity index (χ1n) is 11.2. The van der Waals surface area contributed by atoms with Gasteiger partial charge in [-0.15, -0.1) is 0 Å². The maximum Gasteiger partial charge on any atom is 0.127 e. The Morgan fingerprint density at radius 1 is 0.781 bits per heavy atom. The van der Waals surface area contributed by atoms with E-state index in [-0.39, 0.29) is 0 Å². The second-order valence-electron chi connectivity index (χ2n) is 7.91. The predicted octanol–water partition coefficient (Wildman–Crippen LogP) is 6.85. The van der Waals surface area contributed by atoms with Crippen molar-refractivity contribution in [3.05, 3.63) is 102 Å². The third kappa shape index (κ3) is 3.80. The molecule has 0 amide bonds. The molecule has 0 unspecified atom stereocenters. The van der Waals surface area contributed by atoms with Crippen molar-refractivity contribution < 1.29 is 4.74 Å². The van der Waals surface area contributed by atoms with Gasteiger partial charge in [0.15, 0.2) is 0 Å². The van der Waals surface area contributed by atoms with Gasteiger partial charge in [0.1, 0.15) is 11.5 Å². The van der Waals surface area contributed by atoms with Gasteiger partial charge in [-0.2, -0.15) is 0 Å². The van der Waals surface area contributed by atoms with E-state index in [1.54, 1.807) is 0 Å². The predicted molar refractivity (Wildman–Crippen MR) is 132 cm³/mol. The Morgan fingerprint density at radius 2 is 1.56 bits per heavy atom. The van der Waals surface area contributed by atoms with Gasteiger partial charge in [-0.1, -0.05) is 62.4 Å². The van der Waals surface area contributed by atoms with Gasteiger partial charge < -0.3 is 10.2 Å². The lowest BCUT2D eigenvalue weighted by atomic mass is 10.1. The summed E-state index contributed by atoms with van der Waals surface area (Å²) in [6.07, 6.45) is 1.83. The number of hydrogen-bond acceptors (Lipinski definition) is 3. The SMILES string of the molecule is CCc1cc2c3ccccc3n(NCc3cccc(Oc4ccccc4)c3)c2c(CC)n1. The van der Waals surface area contributed by atoms with Crippen molar-refractivity contribution in [1.29, 1.82) is 0 Å². The highest BCUT2D eigenvalue weighted by Crippen LogP contribution is 2.31. The van der Waals surface area contributed by atoms with Crippen LogP contribution < -0.4 is 10.2 Å². The van der Waals surface area contributed by atoms with E-state index in [1.165, 1.54) is 21.8 Å². The number of hydrogen-bond donors (Lipinski definition) is 1. The molecule has 2 heterocycles. The van der Waals surface area contributed by atoms with Crippen molar-refractivity contribution in [2.45, 2.75) is 33.2 Å². The smallest absolute Gasteiger partial charge is 0.127 e. The van der Waals surface area contributed by atoms with Crippen LogP contribution in [0.3, 0.4) is 0 Å². The number of nitrogens with zero attached hydrogens (tertiary/aromatic N) is 2. The molecule has 0 atom stereocenters. The molecule has 5 aromatic rings. The van der Waals surface area contributed by atoms with Gasteiger partial charge in [-0.05, 0) is 54.8 Å². The molecule has 0 radical (unpaired) electrons. The minimum Gasteiger partial charge on any atom is -0.457 e. The number of ether oxygens (including phenoxy) is 1. The van der Waals surface area contributed by atoms with Crippen molar-refractivity contribution in [3.8, 4) is 11.5 Å². The van der Waals surface area contributed by atoms with Gasteiger partial charge >= 0.3 is 0 Å². The molecule has 160 valence electrons. The summed E-state index contributed by atoms with van der Waals surface area (Å²) in [6.45, 7) is 5.02. The van der Waals surface area contributed by atoms with Crippen LogP contribution in [0.2, 0.25) is 0 Å². The zero-order valence-electron chi connectivity index (χ0n) is 18.5. The van der Waals surface area contributed by atoms with Crippen molar-refractivity contribution in [3.63, 3.8) is 0 Å². The molecule has 0 saturated carbocycles. The van der Waals surface area contributed by atoms with Crippen molar-refractivity contribution in [1.82, 2.24) is 9.66 Å². The molecule has 2 aromatic heterocycles. The lowest BCUT2D eigenvalue weighted by Crippen LogP contribution is -2.15. The van der Waals surface area contributed by atoms with Crippen LogP contribution in [-0.4, -0.2) is 9.66 Å². The number of fused-ring (bicyclic) bond motifs is 3. The van der Waals surface area contributed by atoms with E-state index in [4.69, 9.17) is 9.72 Å². The van der Waals surface area contributed by atoms with E-state index in [0.717, 1.165) is 41.3 Å². The normalized spacial score (nSPS) is 11.2. The molecule has 0 spiro atoms. The first-order valence-corrected chi connectivity index (χ1v) is 11.2. The average molecular weight is 422 g/mol. The Hall–Kier alpha value is -3.79. The minimum absolute atomic E-state index is 0.679. The quantitative estimate of drug-likeness (QED) is 0.312. The summed E-state index contributed by atoms with van der Waals surface area (Å²) in [5.74, 6) is 1.67. The van der Waals surface area contributed by atoms with Crippen LogP contribution in [0.4, 0.5) is 0 Å². The highest BCUT2D eigenvalue weighted by Gasteiger charge is 2.15. The molecular weight excluding hydrogens is 394 g/mol. The first-order chi connectivity index (χ1) is 15.8. The Bertz CT molecular complexity index is 1370. The molecular formula is C28H27N3O. The number of para-hydroxylation sites is 2. The molecule has 1 N–H and O–H groups in total. The van der Waals surface area contributed by atoms with Crippen LogP contribution in [0.5, 0.6) is 11.5 Å². The van der Waals surface area contributed by atoms with E-state index in [9.17, 15) is 0 Å². The number of nitrogens with one attached hydrogen (secondary N) is 1. The average Bonchev–Trinajstić information content (AvgIpc) is 3.16. The molecule has 4 nitrogen and oxygen atoms in total. The third-order valence-corrected chi connectivity index (χ3v) is 5.79. The first kappa shape index (κ1) is 20.1. The molecule has 5 rings (SSSR count). The minimum atomic E-state index is 0.679. The number of aromatic nitrogens is 2. The van der Waals surface area contributed by atoms with Gasteiger partial charge in [0.2, 0.25) is 0 Å². The van der Waals surface area contributed by atoms with Gasteiger partial charge in [0.25, 0.3) is 0 Å². The largest absolute Gasteiger partial charge is 0.457 e. The number of pyridine rings is 1. The summed E-state index contributed by atoms with van der Waals surface area (Å²) in [4.78, 5) is 4.93. The molecule has 0 fully saturated rings. The molecule has 0 aliphatic heterocycles. The van der Waals surface area contributed by atoms with Crippen molar-refractivity contribution in [2.24, 2.45) is 0 Å². The maximum atomic E-state index is 6.01. The van der Waals surface area contributed by atoms with Crippen LogP contribution >= 0.6 is 0 Å². The van der Waals surface area contributed by atoms with Gasteiger partial charge in [-0.25, -0.2) is 0 Å². The number of rotatable bonds is 7. The number of aryl methyl sites for hydroxylation is 2. The fourth-order valence-electron chi connectivity index (χ4n) is 4.23. The monoisotopic (exact) mass is 421 g/mol. The van der Waals surface area contributed by atoms with E-state index in [0.29, 0.717) is 6.54 Å². The third-order valence-electron chi connectivity index (χ3n) is 5.79. The molecule has 0 aliphatic carbocycles. The molecule has 0 aliphatic rings. The number of benzene rings is 3. The fourth-order valence-corrected chi connectivity index (χ4v) is 4.23. The standard InChI is InChI=1S/C28H27N3O/c1-3-21-18-25-24-15-8-9-16-27(24)31(28(25)26(4-2)30-21)29-19-20-11-10-14-23(17-20)32-22-12-6-5-7-13-22/h5-18,29H,3-4,19H2,1-2H3. The Kier molecular flexibility index (Phi) is 5.51. The summed E-state index contributed by atoms with van der Waals surface area (Å²) in [7, 11) is 0. The molecule has 0 saturated heterocycles. The van der Waals surface area contributed by atoms with Crippen molar-refractivity contribution >= 4 is 21.8 Å². The Balaban J connectivity index is 1.50. The Labute approximate surface area is 188 Å². The van der Waals surface area contributed by atoms with E-state index in [2.05, 4.69) is 66.4 Å². The second-order valence-corrected chi connectivity index (χ2v) is 7.91. The van der Waals surface area contributed by atoms with Gasteiger partial charge in [-0.3, -0.25) is 9.66 Å². The second kappa shape index (κ2) is 8.75. The maximum absolute atomic E-state index is 6.01. The summed E-state index contributed by atoms with van der Waals surface area (Å²) >= 11 is 0. The van der Waals surface area contributed by atoms with Crippen LogP contribution in [0.15, 0.2) is 84.9 Å². The van der Waals surface area contributed by atoms with Crippen LogP contribution in [0, 0.1) is 0 Å². The van der Waals surface area contributed by atoms with Crippen LogP contribution in [0.1, 0.15) is 30.8 Å². The van der Waals surface area contributed by atoms with Gasteiger partial charge in [0, 0.05) is 16.5 Å². The Morgan fingerprint density at radius 3 is 2.38 bits per heavy atom. The lowest BCUT2D eigenvalue weighted by molar-refractivity contribution is 0.482. The zero-order chi connectivity index (χ0) is 21.9. The fraction of sp³-hybridized carbons (Fsp3) is 0.179. The molecule has 0 bridgehead atoms. The lowest BCUT2D eigenvalue weighted by Gasteiger charge is -2.14. The summed E-state index contributed by atoms with van der Waals surface area (Å²) < 4.78 is 8.22. The topological polar surface area (TPSA) is 39.1 Å². The van der Waals surface area contributed by atoms with Gasteiger partial charge in [0.05, 0.1) is 23.3 Å². The highest BCUT2D eigenvalue weighted by molar-refractivity contribution is 6.09.